The van der Waals surface area contributed by atoms with E-state index in [1.165, 1.54) is 17.1 Å². The first-order chi connectivity index (χ1) is 10.9. The van der Waals surface area contributed by atoms with Crippen LogP contribution in [-0.2, 0) is 0 Å². The van der Waals surface area contributed by atoms with E-state index in [2.05, 4.69) is 51.7 Å². The summed E-state index contributed by atoms with van der Waals surface area (Å²) < 4.78 is 6.11. The molecular formula is C18H11N3O. The number of nitrogens with zero attached hydrogens (tertiary/aromatic N) is 2. The molecule has 4 aromatic rings. The molecule has 0 saturated heterocycles. The Morgan fingerprint density at radius 2 is 1.50 bits per heavy atom. The molecule has 4 heteroatoms. The molecule has 0 bridgehead atoms. The van der Waals surface area contributed by atoms with Crippen molar-refractivity contribution in [3.05, 3.63) is 61.1 Å². The van der Waals surface area contributed by atoms with Gasteiger partial charge in [-0.2, -0.15) is 0 Å². The Labute approximate surface area is 126 Å². The molecule has 3 aromatic carbocycles. The van der Waals surface area contributed by atoms with Gasteiger partial charge in [-0.3, -0.25) is 0 Å². The summed E-state index contributed by atoms with van der Waals surface area (Å²) >= 11 is 0. The fourth-order valence-electron chi connectivity index (χ4n) is 3.05. The Morgan fingerprint density at radius 3 is 2.32 bits per heavy atom. The molecular weight excluding hydrogens is 274 g/mol. The number of benzene rings is 3. The van der Waals surface area contributed by atoms with E-state index in [0.29, 0.717) is 11.6 Å². The molecule has 4 nitrogen and oxygen atoms in total. The second-order valence-electron chi connectivity index (χ2n) is 5.26. The average molecular weight is 285 g/mol. The lowest BCUT2D eigenvalue weighted by Gasteiger charge is -2.23. The molecule has 1 aliphatic heterocycles. The summed E-state index contributed by atoms with van der Waals surface area (Å²) in [6, 6.07) is 16.6. The van der Waals surface area contributed by atoms with E-state index in [4.69, 9.17) is 4.74 Å². The van der Waals surface area contributed by atoms with Gasteiger partial charge >= 0.3 is 0 Å². The largest absolute Gasteiger partial charge is 0.449 e. The highest BCUT2D eigenvalue weighted by Crippen LogP contribution is 2.48. The molecule has 0 fully saturated rings. The summed E-state index contributed by atoms with van der Waals surface area (Å²) in [7, 11) is 0. The number of hydrogen-bond donors (Lipinski definition) is 1. The van der Waals surface area contributed by atoms with Crippen LogP contribution in [0.4, 0.5) is 11.5 Å². The molecule has 0 saturated carbocycles. The van der Waals surface area contributed by atoms with Gasteiger partial charge in [0, 0.05) is 10.8 Å². The maximum absolute atomic E-state index is 6.11. The van der Waals surface area contributed by atoms with Gasteiger partial charge in [0.15, 0.2) is 17.3 Å². The molecule has 0 atom stereocenters. The number of rotatable bonds is 0. The normalized spacial score (nSPS) is 12.4. The lowest BCUT2D eigenvalue weighted by molar-refractivity contribution is 0.482. The van der Waals surface area contributed by atoms with Crippen LogP contribution in [0.2, 0.25) is 0 Å². The van der Waals surface area contributed by atoms with Gasteiger partial charge in [0.2, 0.25) is 0 Å². The van der Waals surface area contributed by atoms with Crippen LogP contribution in [0.15, 0.2) is 61.1 Å². The smallest absolute Gasteiger partial charge is 0.188 e. The van der Waals surface area contributed by atoms with Crippen molar-refractivity contribution in [2.24, 2.45) is 0 Å². The van der Waals surface area contributed by atoms with Gasteiger partial charge in [0.05, 0.1) is 11.9 Å². The summed E-state index contributed by atoms with van der Waals surface area (Å²) in [5, 5.41) is 7.99. The standard InChI is InChI=1S/C18H11N3O/c1-3-7-13-11(5-1)12-6-2-4-8-14(12)17-16(13)21-18-15(22-17)9-19-10-20-18/h1-10H,(H,19,20,21). The number of ether oxygens (including phenoxy) is 1. The molecule has 22 heavy (non-hydrogen) atoms. The molecule has 0 spiro atoms. The third-order valence-corrected chi connectivity index (χ3v) is 4.02. The SMILES string of the molecule is c1ccc2c(c1)c1c(c3ccccc32)Oc2cncnc2N1. The number of aromatic nitrogens is 2. The predicted molar refractivity (Wildman–Crippen MR) is 86.8 cm³/mol. The van der Waals surface area contributed by atoms with E-state index in [0.717, 1.165) is 22.2 Å². The minimum Gasteiger partial charge on any atom is -0.449 e. The van der Waals surface area contributed by atoms with Gasteiger partial charge in [-0.05, 0) is 10.8 Å². The second kappa shape index (κ2) is 4.18. The molecule has 1 N–H and O–H groups in total. The van der Waals surface area contributed by atoms with Gasteiger partial charge in [0.1, 0.15) is 6.33 Å². The zero-order valence-electron chi connectivity index (χ0n) is 11.6. The van der Waals surface area contributed by atoms with Crippen LogP contribution in [0.3, 0.4) is 0 Å². The van der Waals surface area contributed by atoms with Crippen LogP contribution in [-0.4, -0.2) is 9.97 Å². The minimum absolute atomic E-state index is 0.649. The maximum atomic E-state index is 6.11. The summed E-state index contributed by atoms with van der Waals surface area (Å²) in [5.74, 6) is 2.18. The summed E-state index contributed by atoms with van der Waals surface area (Å²) in [4.78, 5) is 8.30. The van der Waals surface area contributed by atoms with Gasteiger partial charge in [-0.1, -0.05) is 48.5 Å². The Bertz CT molecular complexity index is 959. The van der Waals surface area contributed by atoms with Crippen molar-refractivity contribution < 1.29 is 4.74 Å². The molecule has 1 aromatic heterocycles. The Hall–Kier alpha value is -3.14. The lowest BCUT2D eigenvalue weighted by atomic mass is 9.98. The Balaban J connectivity index is 1.94. The minimum atomic E-state index is 0.649. The van der Waals surface area contributed by atoms with E-state index in [-0.39, 0.29) is 0 Å². The predicted octanol–water partition coefficient (Wildman–Crippen LogP) is 4.63. The van der Waals surface area contributed by atoms with E-state index < -0.39 is 0 Å². The molecule has 104 valence electrons. The van der Waals surface area contributed by atoms with Crippen molar-refractivity contribution in [2.45, 2.75) is 0 Å². The first kappa shape index (κ1) is 11.5. The molecule has 0 amide bonds. The molecule has 0 radical (unpaired) electrons. The number of nitrogens with one attached hydrogen (secondary N) is 1. The van der Waals surface area contributed by atoms with Gasteiger partial charge in [-0.25, -0.2) is 9.97 Å². The number of anilines is 2. The third-order valence-electron chi connectivity index (χ3n) is 4.02. The van der Waals surface area contributed by atoms with Crippen molar-refractivity contribution in [1.82, 2.24) is 9.97 Å². The summed E-state index contributed by atoms with van der Waals surface area (Å²) in [6.45, 7) is 0. The lowest BCUT2D eigenvalue weighted by Crippen LogP contribution is -2.06. The molecule has 2 heterocycles. The maximum Gasteiger partial charge on any atom is 0.188 e. The highest BCUT2D eigenvalue weighted by Gasteiger charge is 2.22. The number of fused-ring (bicyclic) bond motifs is 7. The van der Waals surface area contributed by atoms with Gasteiger partial charge < -0.3 is 10.1 Å². The van der Waals surface area contributed by atoms with Crippen molar-refractivity contribution in [1.29, 1.82) is 0 Å². The molecule has 1 aliphatic rings. The topological polar surface area (TPSA) is 47.0 Å². The van der Waals surface area contributed by atoms with Crippen molar-refractivity contribution in [3.63, 3.8) is 0 Å². The van der Waals surface area contributed by atoms with Crippen LogP contribution < -0.4 is 10.1 Å². The van der Waals surface area contributed by atoms with Crippen LogP contribution >= 0.6 is 0 Å². The van der Waals surface area contributed by atoms with Crippen LogP contribution in [0.1, 0.15) is 0 Å². The monoisotopic (exact) mass is 285 g/mol. The zero-order chi connectivity index (χ0) is 14.5. The van der Waals surface area contributed by atoms with Gasteiger partial charge in [0.25, 0.3) is 0 Å². The molecule has 0 unspecified atom stereocenters. The van der Waals surface area contributed by atoms with Gasteiger partial charge in [-0.15, -0.1) is 0 Å². The van der Waals surface area contributed by atoms with Crippen LogP contribution in [0.5, 0.6) is 11.5 Å². The van der Waals surface area contributed by atoms with E-state index >= 15 is 0 Å². The first-order valence-corrected chi connectivity index (χ1v) is 7.10. The Kier molecular flexibility index (Phi) is 2.19. The van der Waals surface area contributed by atoms with Crippen molar-refractivity contribution in [3.8, 4) is 11.5 Å². The Morgan fingerprint density at radius 1 is 0.818 bits per heavy atom. The van der Waals surface area contributed by atoms with E-state index in [9.17, 15) is 0 Å². The molecule has 0 aliphatic carbocycles. The molecule has 5 rings (SSSR count). The van der Waals surface area contributed by atoms with Crippen molar-refractivity contribution in [2.75, 3.05) is 5.32 Å². The average Bonchev–Trinajstić information content (AvgIpc) is 2.61. The second-order valence-corrected chi connectivity index (χ2v) is 5.26. The first-order valence-electron chi connectivity index (χ1n) is 7.10. The number of hydrogen-bond acceptors (Lipinski definition) is 4. The highest BCUT2D eigenvalue weighted by molar-refractivity contribution is 6.17. The fourth-order valence-corrected chi connectivity index (χ4v) is 3.05. The van der Waals surface area contributed by atoms with E-state index in [1.54, 1.807) is 6.20 Å². The fraction of sp³-hybridized carbons (Fsp3) is 0. The van der Waals surface area contributed by atoms with Crippen molar-refractivity contribution >= 4 is 33.1 Å². The van der Waals surface area contributed by atoms with E-state index in [1.807, 2.05) is 12.1 Å². The highest BCUT2D eigenvalue weighted by atomic mass is 16.5. The quantitative estimate of drug-likeness (QED) is 0.421. The summed E-state index contributed by atoms with van der Waals surface area (Å²) in [5.41, 5.74) is 0.959. The van der Waals surface area contributed by atoms with Crippen LogP contribution in [0, 0.1) is 0 Å². The third kappa shape index (κ3) is 1.46. The zero-order valence-corrected chi connectivity index (χ0v) is 11.6. The summed E-state index contributed by atoms with van der Waals surface area (Å²) in [6.07, 6.45) is 3.20. The van der Waals surface area contributed by atoms with Crippen LogP contribution in [0.25, 0.3) is 21.5 Å².